The van der Waals surface area contributed by atoms with E-state index in [1.165, 1.54) is 0 Å². The van der Waals surface area contributed by atoms with Gasteiger partial charge in [0.05, 0.1) is 30.0 Å². The first kappa shape index (κ1) is 19.5. The van der Waals surface area contributed by atoms with Crippen LogP contribution in [0, 0.1) is 11.3 Å². The fraction of sp³-hybridized carbons (Fsp3) is 0.120. The van der Waals surface area contributed by atoms with Crippen LogP contribution in [0.1, 0.15) is 24.0 Å². The van der Waals surface area contributed by atoms with Crippen molar-refractivity contribution in [3.05, 3.63) is 95.6 Å². The van der Waals surface area contributed by atoms with E-state index < -0.39 is 5.92 Å². The van der Waals surface area contributed by atoms with Crippen LogP contribution < -0.4 is 15.2 Å². The molecule has 158 valence electrons. The molecule has 1 atom stereocenters. The molecule has 0 aliphatic carbocycles. The Morgan fingerprint density at radius 2 is 1.88 bits per heavy atom. The minimum absolute atomic E-state index is 0.0574. The van der Waals surface area contributed by atoms with Crippen molar-refractivity contribution in [2.75, 3.05) is 6.61 Å². The molecule has 1 aliphatic rings. The molecule has 0 spiro atoms. The maximum atomic E-state index is 9.96. The SMILES string of the molecule is CCOc1ccc(C2C(C#N)=C(N)Oc3c2c(-c2ccco2)nn3-c2ccccc2)cc1. The third kappa shape index (κ3) is 3.19. The van der Waals surface area contributed by atoms with Crippen molar-refractivity contribution in [2.24, 2.45) is 5.73 Å². The summed E-state index contributed by atoms with van der Waals surface area (Å²) in [6.07, 6.45) is 1.59. The standard InChI is InChI=1S/C25H20N4O3/c1-2-30-18-12-10-16(11-13-18)21-19(15-26)24(27)32-25-22(21)23(20-9-6-14-31-20)28-29(25)17-7-4-3-5-8-17/h3-14,21H,2,27H2,1H3. The minimum Gasteiger partial charge on any atom is -0.494 e. The first-order chi connectivity index (χ1) is 15.7. The normalized spacial score (nSPS) is 15.1. The summed E-state index contributed by atoms with van der Waals surface area (Å²) in [7, 11) is 0. The van der Waals surface area contributed by atoms with E-state index in [0.717, 1.165) is 22.6 Å². The zero-order valence-electron chi connectivity index (χ0n) is 17.4. The molecule has 3 heterocycles. The number of nitriles is 1. The van der Waals surface area contributed by atoms with Crippen molar-refractivity contribution in [1.82, 2.24) is 9.78 Å². The summed E-state index contributed by atoms with van der Waals surface area (Å²) in [6, 6.07) is 23.1. The number of fused-ring (bicyclic) bond motifs is 1. The lowest BCUT2D eigenvalue weighted by molar-refractivity contribution is 0.340. The van der Waals surface area contributed by atoms with E-state index >= 15 is 0 Å². The van der Waals surface area contributed by atoms with Crippen LogP contribution in [0.15, 0.2) is 88.9 Å². The van der Waals surface area contributed by atoms with E-state index in [1.54, 1.807) is 17.0 Å². The van der Waals surface area contributed by atoms with Gasteiger partial charge in [-0.3, -0.25) is 0 Å². The number of allylic oxidation sites excluding steroid dienone is 1. The second kappa shape index (κ2) is 8.00. The van der Waals surface area contributed by atoms with Gasteiger partial charge in [-0.2, -0.15) is 15.0 Å². The highest BCUT2D eigenvalue weighted by Gasteiger charge is 2.38. The van der Waals surface area contributed by atoms with Crippen LogP contribution in [0.3, 0.4) is 0 Å². The number of aromatic nitrogens is 2. The highest BCUT2D eigenvalue weighted by Crippen LogP contribution is 2.47. The van der Waals surface area contributed by atoms with Gasteiger partial charge in [0.25, 0.3) is 0 Å². The van der Waals surface area contributed by atoms with Gasteiger partial charge in [0.1, 0.15) is 23.1 Å². The zero-order valence-corrected chi connectivity index (χ0v) is 17.4. The molecular weight excluding hydrogens is 404 g/mol. The van der Waals surface area contributed by atoms with E-state index in [4.69, 9.17) is 24.7 Å². The zero-order chi connectivity index (χ0) is 22.1. The van der Waals surface area contributed by atoms with Crippen molar-refractivity contribution in [3.8, 4) is 34.8 Å². The number of ether oxygens (including phenoxy) is 2. The largest absolute Gasteiger partial charge is 0.494 e. The lowest BCUT2D eigenvalue weighted by Gasteiger charge is -2.25. The number of benzene rings is 2. The van der Waals surface area contributed by atoms with Gasteiger partial charge >= 0.3 is 0 Å². The van der Waals surface area contributed by atoms with E-state index in [-0.39, 0.29) is 5.88 Å². The number of nitrogens with two attached hydrogens (primary N) is 1. The molecule has 1 aliphatic heterocycles. The number of hydrogen-bond acceptors (Lipinski definition) is 6. The maximum Gasteiger partial charge on any atom is 0.229 e. The van der Waals surface area contributed by atoms with Crippen LogP contribution in [-0.4, -0.2) is 16.4 Å². The number of nitrogens with zero attached hydrogens (tertiary/aromatic N) is 3. The molecule has 0 amide bonds. The lowest BCUT2D eigenvalue weighted by Crippen LogP contribution is -2.22. The Bertz CT molecular complexity index is 1310. The molecule has 5 rings (SSSR count). The topological polar surface area (TPSA) is 99.2 Å². The first-order valence-electron chi connectivity index (χ1n) is 10.2. The van der Waals surface area contributed by atoms with Crippen LogP contribution in [0.5, 0.6) is 11.6 Å². The number of hydrogen-bond donors (Lipinski definition) is 1. The van der Waals surface area contributed by atoms with Crippen molar-refractivity contribution in [3.63, 3.8) is 0 Å². The summed E-state index contributed by atoms with van der Waals surface area (Å²) in [5.41, 5.74) is 9.54. The Morgan fingerprint density at radius 1 is 1.09 bits per heavy atom. The molecule has 0 bridgehead atoms. The molecule has 2 aromatic carbocycles. The quantitative estimate of drug-likeness (QED) is 0.496. The fourth-order valence-electron chi connectivity index (χ4n) is 3.93. The smallest absolute Gasteiger partial charge is 0.229 e. The van der Waals surface area contributed by atoms with Crippen LogP contribution >= 0.6 is 0 Å². The molecule has 2 N–H and O–H groups in total. The molecule has 7 nitrogen and oxygen atoms in total. The van der Waals surface area contributed by atoms with Gasteiger partial charge in [0, 0.05) is 0 Å². The first-order valence-corrected chi connectivity index (χ1v) is 10.2. The summed E-state index contributed by atoms with van der Waals surface area (Å²) in [5, 5.41) is 14.8. The maximum absolute atomic E-state index is 9.96. The average molecular weight is 424 g/mol. The van der Waals surface area contributed by atoms with Crippen molar-refractivity contribution < 1.29 is 13.9 Å². The number of rotatable bonds is 5. The van der Waals surface area contributed by atoms with Crippen LogP contribution in [-0.2, 0) is 0 Å². The van der Waals surface area contributed by atoms with Crippen LogP contribution in [0.2, 0.25) is 0 Å². The van der Waals surface area contributed by atoms with Gasteiger partial charge in [0.2, 0.25) is 11.8 Å². The Balaban J connectivity index is 1.76. The van der Waals surface area contributed by atoms with Gasteiger partial charge < -0.3 is 19.6 Å². The van der Waals surface area contributed by atoms with Crippen molar-refractivity contribution >= 4 is 0 Å². The third-order valence-electron chi connectivity index (χ3n) is 5.33. The van der Waals surface area contributed by atoms with Gasteiger partial charge in [-0.1, -0.05) is 30.3 Å². The van der Waals surface area contributed by atoms with Crippen LogP contribution in [0.4, 0.5) is 0 Å². The van der Waals surface area contributed by atoms with E-state index in [1.807, 2.05) is 67.6 Å². The molecule has 0 radical (unpaired) electrons. The van der Waals surface area contributed by atoms with Crippen LogP contribution in [0.25, 0.3) is 17.1 Å². The van der Waals surface area contributed by atoms with E-state index in [2.05, 4.69) is 6.07 Å². The second-order valence-corrected chi connectivity index (χ2v) is 7.22. The number of para-hydroxylation sites is 1. The molecule has 4 aromatic rings. The summed E-state index contributed by atoms with van der Waals surface area (Å²) < 4.78 is 18.9. The summed E-state index contributed by atoms with van der Waals surface area (Å²) in [6.45, 7) is 2.51. The summed E-state index contributed by atoms with van der Waals surface area (Å²) >= 11 is 0. The average Bonchev–Trinajstić information content (AvgIpc) is 3.48. The van der Waals surface area contributed by atoms with Gasteiger partial charge in [-0.15, -0.1) is 0 Å². The second-order valence-electron chi connectivity index (χ2n) is 7.22. The third-order valence-corrected chi connectivity index (χ3v) is 5.33. The van der Waals surface area contributed by atoms with Crippen molar-refractivity contribution in [1.29, 1.82) is 5.26 Å². The Labute approximate surface area is 184 Å². The van der Waals surface area contributed by atoms with Gasteiger partial charge in [0.15, 0.2) is 5.76 Å². The minimum atomic E-state index is -0.475. The predicted molar refractivity (Wildman–Crippen MR) is 118 cm³/mol. The highest BCUT2D eigenvalue weighted by molar-refractivity contribution is 5.69. The van der Waals surface area contributed by atoms with Crippen molar-refractivity contribution in [2.45, 2.75) is 12.8 Å². The fourth-order valence-corrected chi connectivity index (χ4v) is 3.93. The molecule has 32 heavy (non-hydrogen) atoms. The molecule has 0 fully saturated rings. The lowest BCUT2D eigenvalue weighted by atomic mass is 9.83. The van der Waals surface area contributed by atoms with E-state index in [0.29, 0.717) is 29.5 Å². The molecular formula is C25H20N4O3. The predicted octanol–water partition coefficient (Wildman–Crippen LogP) is 4.75. The summed E-state index contributed by atoms with van der Waals surface area (Å²) in [5.74, 6) is 1.37. The highest BCUT2D eigenvalue weighted by atomic mass is 16.5. The molecule has 0 saturated heterocycles. The monoisotopic (exact) mass is 424 g/mol. The van der Waals surface area contributed by atoms with E-state index in [9.17, 15) is 5.26 Å². The Morgan fingerprint density at radius 3 is 2.53 bits per heavy atom. The van der Waals surface area contributed by atoms with Gasteiger partial charge in [-0.05, 0) is 48.9 Å². The Hall–Kier alpha value is -4.44. The Kier molecular flexibility index (Phi) is 4.88. The molecule has 0 saturated carbocycles. The van der Waals surface area contributed by atoms with Gasteiger partial charge in [-0.25, -0.2) is 0 Å². The summed E-state index contributed by atoms with van der Waals surface area (Å²) in [4.78, 5) is 0. The molecule has 2 aromatic heterocycles. The molecule has 7 heteroatoms. The number of furan rings is 1. The molecule has 1 unspecified atom stereocenters.